The van der Waals surface area contributed by atoms with Crippen molar-refractivity contribution in [1.82, 2.24) is 15.2 Å². The first kappa shape index (κ1) is 13.3. The fourth-order valence-corrected chi connectivity index (χ4v) is 2.46. The Morgan fingerprint density at radius 2 is 2.28 bits per heavy atom. The van der Waals surface area contributed by atoms with Gasteiger partial charge in [0.1, 0.15) is 5.69 Å². The van der Waals surface area contributed by atoms with Gasteiger partial charge in [-0.1, -0.05) is 0 Å². The van der Waals surface area contributed by atoms with Crippen molar-refractivity contribution in [1.29, 1.82) is 0 Å². The van der Waals surface area contributed by atoms with E-state index in [1.807, 2.05) is 11.6 Å². The topological polar surface area (TPSA) is 74.3 Å². The normalized spacial score (nSPS) is 18.7. The Morgan fingerprint density at radius 1 is 1.56 bits per heavy atom. The van der Waals surface area contributed by atoms with Crippen molar-refractivity contribution < 1.29 is 9.47 Å². The SMILES string of the molecule is CCn1ncc(OC)c1C(NN)C(OC)C1CC1. The summed E-state index contributed by atoms with van der Waals surface area (Å²) in [5.41, 5.74) is 3.82. The second-order valence-corrected chi connectivity index (χ2v) is 4.60. The average Bonchev–Trinajstić information content (AvgIpc) is 3.15. The van der Waals surface area contributed by atoms with Crippen LogP contribution in [-0.4, -0.2) is 30.1 Å². The molecule has 3 N–H and O–H groups in total. The van der Waals surface area contributed by atoms with E-state index in [0.717, 1.165) is 18.0 Å². The average molecular weight is 254 g/mol. The van der Waals surface area contributed by atoms with Gasteiger partial charge < -0.3 is 9.47 Å². The molecule has 0 radical (unpaired) electrons. The van der Waals surface area contributed by atoms with Gasteiger partial charge in [-0.3, -0.25) is 10.5 Å². The van der Waals surface area contributed by atoms with Gasteiger partial charge in [-0.2, -0.15) is 5.10 Å². The van der Waals surface area contributed by atoms with E-state index in [-0.39, 0.29) is 12.1 Å². The van der Waals surface area contributed by atoms with E-state index in [1.54, 1.807) is 20.4 Å². The molecule has 0 aliphatic heterocycles. The van der Waals surface area contributed by atoms with Crippen molar-refractivity contribution in [3.8, 4) is 5.75 Å². The fourth-order valence-electron chi connectivity index (χ4n) is 2.46. The third kappa shape index (κ3) is 2.36. The minimum Gasteiger partial charge on any atom is -0.493 e. The number of hydrogen-bond acceptors (Lipinski definition) is 5. The van der Waals surface area contributed by atoms with Gasteiger partial charge in [0, 0.05) is 13.7 Å². The molecule has 6 heteroatoms. The summed E-state index contributed by atoms with van der Waals surface area (Å²) in [7, 11) is 3.37. The molecule has 0 saturated heterocycles. The van der Waals surface area contributed by atoms with Gasteiger partial charge in [0.25, 0.3) is 0 Å². The number of methoxy groups -OCH3 is 2. The number of hydrogen-bond donors (Lipinski definition) is 2. The summed E-state index contributed by atoms with van der Waals surface area (Å²) < 4.78 is 12.9. The first-order valence-corrected chi connectivity index (χ1v) is 6.35. The first-order valence-electron chi connectivity index (χ1n) is 6.35. The Hall–Kier alpha value is -1.11. The van der Waals surface area contributed by atoms with E-state index in [2.05, 4.69) is 10.5 Å². The molecule has 2 rings (SSSR count). The van der Waals surface area contributed by atoms with E-state index >= 15 is 0 Å². The van der Waals surface area contributed by atoms with Crippen LogP contribution in [0.5, 0.6) is 5.75 Å². The van der Waals surface area contributed by atoms with Gasteiger partial charge in [-0.25, -0.2) is 5.43 Å². The van der Waals surface area contributed by atoms with E-state index in [4.69, 9.17) is 15.3 Å². The highest BCUT2D eigenvalue weighted by molar-refractivity contribution is 5.29. The second kappa shape index (κ2) is 5.69. The Balaban J connectivity index is 2.32. The van der Waals surface area contributed by atoms with Crippen LogP contribution in [0.15, 0.2) is 6.20 Å². The zero-order valence-corrected chi connectivity index (χ0v) is 11.2. The van der Waals surface area contributed by atoms with Gasteiger partial charge in [-0.15, -0.1) is 0 Å². The summed E-state index contributed by atoms with van der Waals surface area (Å²) in [6, 6.07) is -0.0973. The maximum atomic E-state index is 5.73. The molecule has 1 heterocycles. The molecule has 0 spiro atoms. The van der Waals surface area contributed by atoms with Crippen LogP contribution in [0.2, 0.25) is 0 Å². The largest absolute Gasteiger partial charge is 0.493 e. The minimum absolute atomic E-state index is 0.0610. The number of ether oxygens (including phenoxy) is 2. The summed E-state index contributed by atoms with van der Waals surface area (Å²) >= 11 is 0. The Labute approximate surface area is 107 Å². The zero-order valence-electron chi connectivity index (χ0n) is 11.2. The lowest BCUT2D eigenvalue weighted by molar-refractivity contribution is 0.0472. The lowest BCUT2D eigenvalue weighted by Crippen LogP contribution is -2.40. The van der Waals surface area contributed by atoms with Crippen LogP contribution in [0.1, 0.15) is 31.5 Å². The molecule has 1 aliphatic rings. The molecular formula is C12H22N4O2. The molecule has 1 aromatic heterocycles. The number of aromatic nitrogens is 2. The third-order valence-corrected chi connectivity index (χ3v) is 3.53. The smallest absolute Gasteiger partial charge is 0.161 e. The van der Waals surface area contributed by atoms with E-state index in [0.29, 0.717) is 5.92 Å². The quantitative estimate of drug-likeness (QED) is 0.557. The summed E-state index contributed by atoms with van der Waals surface area (Å²) in [6.07, 6.45) is 4.17. The van der Waals surface area contributed by atoms with Crippen molar-refractivity contribution in [3.05, 3.63) is 11.9 Å². The highest BCUT2D eigenvalue weighted by Gasteiger charge is 2.39. The van der Waals surface area contributed by atoms with E-state index in [1.165, 1.54) is 12.8 Å². The van der Waals surface area contributed by atoms with Crippen molar-refractivity contribution >= 4 is 0 Å². The molecule has 2 unspecified atom stereocenters. The fraction of sp³-hybridized carbons (Fsp3) is 0.750. The summed E-state index contributed by atoms with van der Waals surface area (Å²) in [6.45, 7) is 2.82. The van der Waals surface area contributed by atoms with Crippen molar-refractivity contribution in [3.63, 3.8) is 0 Å². The van der Waals surface area contributed by atoms with Gasteiger partial charge in [0.15, 0.2) is 5.75 Å². The van der Waals surface area contributed by atoms with Crippen molar-refractivity contribution in [2.75, 3.05) is 14.2 Å². The molecule has 18 heavy (non-hydrogen) atoms. The molecular weight excluding hydrogens is 232 g/mol. The van der Waals surface area contributed by atoms with Gasteiger partial charge in [0.2, 0.25) is 0 Å². The molecule has 1 aliphatic carbocycles. The first-order chi connectivity index (χ1) is 8.76. The maximum Gasteiger partial charge on any atom is 0.161 e. The molecule has 2 atom stereocenters. The van der Waals surface area contributed by atoms with Crippen LogP contribution in [0.4, 0.5) is 0 Å². The Bertz CT molecular complexity index is 368. The van der Waals surface area contributed by atoms with E-state index in [9.17, 15) is 0 Å². The molecule has 1 aromatic rings. The Kier molecular flexibility index (Phi) is 4.21. The molecule has 6 nitrogen and oxygen atoms in total. The number of aryl methyl sites for hydroxylation is 1. The molecule has 0 bridgehead atoms. The van der Waals surface area contributed by atoms with E-state index < -0.39 is 0 Å². The monoisotopic (exact) mass is 254 g/mol. The predicted molar refractivity (Wildman–Crippen MR) is 68.0 cm³/mol. The van der Waals surface area contributed by atoms with Crippen LogP contribution in [-0.2, 0) is 11.3 Å². The highest BCUT2D eigenvalue weighted by Crippen LogP contribution is 2.41. The molecule has 102 valence electrons. The summed E-state index contributed by atoms with van der Waals surface area (Å²) in [4.78, 5) is 0. The molecule has 1 saturated carbocycles. The van der Waals surface area contributed by atoms with Crippen LogP contribution in [0.3, 0.4) is 0 Å². The number of hydrazine groups is 1. The second-order valence-electron chi connectivity index (χ2n) is 4.60. The van der Waals surface area contributed by atoms with Crippen LogP contribution >= 0.6 is 0 Å². The minimum atomic E-state index is -0.0973. The van der Waals surface area contributed by atoms with Crippen molar-refractivity contribution in [2.45, 2.75) is 38.5 Å². The van der Waals surface area contributed by atoms with Crippen molar-refractivity contribution in [2.24, 2.45) is 11.8 Å². The maximum absolute atomic E-state index is 5.73. The Morgan fingerprint density at radius 3 is 2.72 bits per heavy atom. The number of nitrogens with one attached hydrogen (secondary N) is 1. The zero-order chi connectivity index (χ0) is 13.1. The number of rotatable bonds is 7. The summed E-state index contributed by atoms with van der Waals surface area (Å²) in [5.74, 6) is 7.05. The lowest BCUT2D eigenvalue weighted by atomic mass is 10.0. The van der Waals surface area contributed by atoms with Crippen LogP contribution in [0, 0.1) is 5.92 Å². The molecule has 1 fully saturated rings. The standard InChI is InChI=1S/C12H22N4O2/c1-4-16-11(9(17-2)7-14-16)10(15-13)12(18-3)8-5-6-8/h7-8,10,12,15H,4-6,13H2,1-3H3. The molecule has 0 amide bonds. The van der Waals surface area contributed by atoms with Crippen LogP contribution in [0.25, 0.3) is 0 Å². The number of nitrogens with two attached hydrogens (primary N) is 1. The highest BCUT2D eigenvalue weighted by atomic mass is 16.5. The predicted octanol–water partition coefficient (Wildman–Crippen LogP) is 0.841. The van der Waals surface area contributed by atoms with Gasteiger partial charge in [-0.05, 0) is 25.7 Å². The lowest BCUT2D eigenvalue weighted by Gasteiger charge is -2.26. The third-order valence-electron chi connectivity index (χ3n) is 3.53. The molecule has 0 aromatic carbocycles. The van der Waals surface area contributed by atoms with Gasteiger partial charge >= 0.3 is 0 Å². The number of nitrogens with zero attached hydrogens (tertiary/aromatic N) is 2. The van der Waals surface area contributed by atoms with Crippen LogP contribution < -0.4 is 16.0 Å². The summed E-state index contributed by atoms with van der Waals surface area (Å²) in [5, 5.41) is 4.31. The van der Waals surface area contributed by atoms with Gasteiger partial charge in [0.05, 0.1) is 25.5 Å².